The van der Waals surface area contributed by atoms with E-state index in [1.165, 1.54) is 4.31 Å². The molecule has 0 aromatic heterocycles. The zero-order valence-corrected chi connectivity index (χ0v) is 14.3. The minimum absolute atomic E-state index is 0.172. The summed E-state index contributed by atoms with van der Waals surface area (Å²) in [5.74, 6) is 0.0140. The number of sulfonamides is 1. The van der Waals surface area contributed by atoms with Crippen molar-refractivity contribution < 1.29 is 13.2 Å². The van der Waals surface area contributed by atoms with Crippen LogP contribution in [0.2, 0.25) is 0 Å². The highest BCUT2D eigenvalue weighted by atomic mass is 32.2. The molecule has 1 N–H and O–H groups in total. The van der Waals surface area contributed by atoms with Crippen molar-refractivity contribution in [3.05, 3.63) is 65.2 Å². The third kappa shape index (κ3) is 3.43. The van der Waals surface area contributed by atoms with Crippen LogP contribution in [0.1, 0.15) is 27.9 Å². The minimum Gasteiger partial charge on any atom is -0.348 e. The van der Waals surface area contributed by atoms with Gasteiger partial charge in [0, 0.05) is 18.7 Å². The first-order valence-electron chi connectivity index (χ1n) is 7.90. The fourth-order valence-electron chi connectivity index (χ4n) is 2.79. The summed E-state index contributed by atoms with van der Waals surface area (Å²) >= 11 is 0. The lowest BCUT2D eigenvalue weighted by atomic mass is 10.1. The molecule has 1 heterocycles. The quantitative estimate of drug-likeness (QED) is 0.926. The fourth-order valence-corrected chi connectivity index (χ4v) is 4.36. The van der Waals surface area contributed by atoms with Crippen LogP contribution >= 0.6 is 0 Å². The topological polar surface area (TPSA) is 66.5 Å². The first-order chi connectivity index (χ1) is 11.5. The van der Waals surface area contributed by atoms with E-state index in [1.54, 1.807) is 24.3 Å². The summed E-state index contributed by atoms with van der Waals surface area (Å²) in [7, 11) is -3.19. The maximum atomic E-state index is 12.2. The molecule has 0 radical (unpaired) electrons. The summed E-state index contributed by atoms with van der Waals surface area (Å²) in [6.07, 6.45) is 0.640. The van der Waals surface area contributed by atoms with E-state index in [0.717, 1.165) is 11.1 Å². The molecule has 1 saturated heterocycles. The number of rotatable bonds is 4. The largest absolute Gasteiger partial charge is 0.348 e. The SMILES string of the molecule is Cc1ccccc1CNC(=O)c1ccc(N2CCCS2(=O)=O)cc1. The molecule has 0 atom stereocenters. The first kappa shape index (κ1) is 16.5. The van der Waals surface area contributed by atoms with Crippen LogP contribution in [0, 0.1) is 6.92 Å². The number of nitrogens with zero attached hydrogens (tertiary/aromatic N) is 1. The van der Waals surface area contributed by atoms with Gasteiger partial charge in [0.25, 0.3) is 5.91 Å². The van der Waals surface area contributed by atoms with E-state index in [9.17, 15) is 13.2 Å². The van der Waals surface area contributed by atoms with Gasteiger partial charge in [0.05, 0.1) is 11.4 Å². The van der Waals surface area contributed by atoms with Crippen molar-refractivity contribution in [1.29, 1.82) is 0 Å². The Labute approximate surface area is 142 Å². The van der Waals surface area contributed by atoms with Gasteiger partial charge in [-0.05, 0) is 48.7 Å². The number of nitrogens with one attached hydrogen (secondary N) is 1. The molecule has 1 aliphatic rings. The fraction of sp³-hybridized carbons (Fsp3) is 0.278. The molecular formula is C18H20N2O3S. The monoisotopic (exact) mass is 344 g/mol. The van der Waals surface area contributed by atoms with Crippen molar-refractivity contribution in [2.24, 2.45) is 0 Å². The van der Waals surface area contributed by atoms with E-state index in [2.05, 4.69) is 5.32 Å². The lowest BCUT2D eigenvalue weighted by Crippen LogP contribution is -2.25. The van der Waals surface area contributed by atoms with Crippen molar-refractivity contribution in [3.63, 3.8) is 0 Å². The molecule has 24 heavy (non-hydrogen) atoms. The second-order valence-corrected chi connectivity index (χ2v) is 7.91. The van der Waals surface area contributed by atoms with Crippen LogP contribution in [-0.2, 0) is 16.6 Å². The number of benzene rings is 2. The number of carbonyl (C=O) groups excluding carboxylic acids is 1. The predicted molar refractivity (Wildman–Crippen MR) is 94.5 cm³/mol. The lowest BCUT2D eigenvalue weighted by molar-refractivity contribution is 0.0951. The Balaban J connectivity index is 1.67. The molecule has 1 amide bonds. The van der Waals surface area contributed by atoms with E-state index >= 15 is 0 Å². The molecule has 5 nitrogen and oxygen atoms in total. The molecule has 0 saturated carbocycles. The smallest absolute Gasteiger partial charge is 0.251 e. The lowest BCUT2D eigenvalue weighted by Gasteiger charge is -2.17. The molecule has 2 aromatic rings. The Bertz CT molecular complexity index is 845. The van der Waals surface area contributed by atoms with Crippen molar-refractivity contribution in [3.8, 4) is 0 Å². The molecule has 1 fully saturated rings. The van der Waals surface area contributed by atoms with Gasteiger partial charge >= 0.3 is 0 Å². The normalized spacial score (nSPS) is 16.1. The van der Waals surface area contributed by atoms with Crippen LogP contribution in [0.3, 0.4) is 0 Å². The summed E-state index contributed by atoms with van der Waals surface area (Å²) in [5, 5.41) is 2.89. The van der Waals surface area contributed by atoms with Gasteiger partial charge < -0.3 is 5.32 Å². The van der Waals surface area contributed by atoms with Crippen LogP contribution in [-0.4, -0.2) is 26.6 Å². The maximum Gasteiger partial charge on any atom is 0.251 e. The predicted octanol–water partition coefficient (Wildman–Crippen LogP) is 2.46. The van der Waals surface area contributed by atoms with Crippen LogP contribution in [0.4, 0.5) is 5.69 Å². The molecule has 0 aliphatic carbocycles. The number of hydrogen-bond donors (Lipinski definition) is 1. The van der Waals surface area contributed by atoms with Crippen molar-refractivity contribution in [1.82, 2.24) is 5.32 Å². The zero-order chi connectivity index (χ0) is 17.2. The zero-order valence-electron chi connectivity index (χ0n) is 13.5. The molecular weight excluding hydrogens is 324 g/mol. The number of amides is 1. The van der Waals surface area contributed by atoms with Crippen LogP contribution in [0.15, 0.2) is 48.5 Å². The van der Waals surface area contributed by atoms with E-state index in [1.807, 2.05) is 31.2 Å². The maximum absolute atomic E-state index is 12.2. The van der Waals surface area contributed by atoms with E-state index in [-0.39, 0.29) is 11.7 Å². The summed E-state index contributed by atoms with van der Waals surface area (Å²) in [6.45, 7) is 2.97. The highest BCUT2D eigenvalue weighted by Crippen LogP contribution is 2.24. The van der Waals surface area contributed by atoms with Crippen LogP contribution < -0.4 is 9.62 Å². The highest BCUT2D eigenvalue weighted by molar-refractivity contribution is 7.93. The summed E-state index contributed by atoms with van der Waals surface area (Å²) in [6, 6.07) is 14.6. The van der Waals surface area contributed by atoms with Crippen molar-refractivity contribution in [2.75, 3.05) is 16.6 Å². The molecule has 3 rings (SSSR count). The number of hydrogen-bond acceptors (Lipinski definition) is 3. The van der Waals surface area contributed by atoms with Gasteiger partial charge in [0.15, 0.2) is 0 Å². The Kier molecular flexibility index (Phi) is 4.57. The van der Waals surface area contributed by atoms with Crippen molar-refractivity contribution >= 4 is 21.6 Å². The minimum atomic E-state index is -3.19. The number of carbonyl (C=O) groups is 1. The van der Waals surface area contributed by atoms with E-state index < -0.39 is 10.0 Å². The molecule has 0 unspecified atom stereocenters. The number of anilines is 1. The van der Waals surface area contributed by atoms with Crippen LogP contribution in [0.25, 0.3) is 0 Å². The van der Waals surface area contributed by atoms with Crippen molar-refractivity contribution in [2.45, 2.75) is 19.9 Å². The third-order valence-electron chi connectivity index (χ3n) is 4.22. The third-order valence-corrected chi connectivity index (χ3v) is 6.09. The molecule has 0 spiro atoms. The number of aryl methyl sites for hydroxylation is 1. The second kappa shape index (κ2) is 6.65. The van der Waals surface area contributed by atoms with Gasteiger partial charge in [0.1, 0.15) is 0 Å². The average molecular weight is 344 g/mol. The standard InChI is InChI=1S/C18H20N2O3S/c1-14-5-2-3-6-16(14)13-19-18(21)15-7-9-17(10-8-15)20-11-4-12-24(20,22)23/h2-3,5-10H,4,11-13H2,1H3,(H,19,21). The Morgan fingerprint density at radius 1 is 1.12 bits per heavy atom. The van der Waals surface area contributed by atoms with Gasteiger partial charge in [-0.2, -0.15) is 0 Å². The van der Waals surface area contributed by atoms with Gasteiger partial charge in [0.2, 0.25) is 10.0 Å². The molecule has 0 bridgehead atoms. The Morgan fingerprint density at radius 3 is 2.46 bits per heavy atom. The molecule has 1 aliphatic heterocycles. The molecule has 126 valence electrons. The summed E-state index contributed by atoms with van der Waals surface area (Å²) in [5.41, 5.74) is 3.34. The van der Waals surface area contributed by atoms with E-state index in [4.69, 9.17) is 0 Å². The Morgan fingerprint density at radius 2 is 1.83 bits per heavy atom. The summed E-state index contributed by atoms with van der Waals surface area (Å²) in [4.78, 5) is 12.2. The van der Waals surface area contributed by atoms with Gasteiger partial charge in [-0.25, -0.2) is 8.42 Å². The molecule has 2 aromatic carbocycles. The van der Waals surface area contributed by atoms with Gasteiger partial charge in [-0.3, -0.25) is 9.10 Å². The van der Waals surface area contributed by atoms with E-state index in [0.29, 0.717) is 30.8 Å². The summed E-state index contributed by atoms with van der Waals surface area (Å²) < 4.78 is 25.2. The average Bonchev–Trinajstić information content (AvgIpc) is 2.93. The Hall–Kier alpha value is -2.34. The van der Waals surface area contributed by atoms with Gasteiger partial charge in [-0.15, -0.1) is 0 Å². The van der Waals surface area contributed by atoms with Gasteiger partial charge in [-0.1, -0.05) is 24.3 Å². The highest BCUT2D eigenvalue weighted by Gasteiger charge is 2.28. The first-order valence-corrected chi connectivity index (χ1v) is 9.51. The second-order valence-electron chi connectivity index (χ2n) is 5.90. The van der Waals surface area contributed by atoms with Crippen LogP contribution in [0.5, 0.6) is 0 Å². The molecule has 6 heteroatoms.